The van der Waals surface area contributed by atoms with Crippen LogP contribution in [0.25, 0.3) is 11.5 Å². The maximum absolute atomic E-state index is 12.3. The molecule has 0 aliphatic heterocycles. The van der Waals surface area contributed by atoms with E-state index in [0.717, 1.165) is 24.2 Å². The summed E-state index contributed by atoms with van der Waals surface area (Å²) in [6.45, 7) is 2.61. The van der Waals surface area contributed by atoms with Crippen molar-refractivity contribution in [2.24, 2.45) is 0 Å². The number of para-hydroxylation sites is 1. The minimum Gasteiger partial charge on any atom is -0.352 e. The van der Waals surface area contributed by atoms with E-state index in [-0.39, 0.29) is 5.91 Å². The first-order chi connectivity index (χ1) is 14.2. The van der Waals surface area contributed by atoms with E-state index in [4.69, 9.17) is 0 Å². The Morgan fingerprint density at radius 2 is 1.93 bits per heavy atom. The Balaban J connectivity index is 1.28. The molecule has 0 fully saturated rings. The second-order valence-electron chi connectivity index (χ2n) is 6.74. The van der Waals surface area contributed by atoms with Crippen LogP contribution in [0.3, 0.4) is 0 Å². The number of hydrogen-bond acceptors (Lipinski definition) is 4. The van der Waals surface area contributed by atoms with Crippen molar-refractivity contribution in [3.8, 4) is 11.5 Å². The first-order valence-corrected chi connectivity index (χ1v) is 9.55. The van der Waals surface area contributed by atoms with Gasteiger partial charge in [-0.15, -0.1) is 0 Å². The fraction of sp³-hybridized carbons (Fsp3) is 0.182. The van der Waals surface area contributed by atoms with Crippen LogP contribution >= 0.6 is 0 Å². The molecule has 29 heavy (non-hydrogen) atoms. The van der Waals surface area contributed by atoms with Crippen LogP contribution in [-0.2, 0) is 6.42 Å². The summed E-state index contributed by atoms with van der Waals surface area (Å²) in [5.41, 5.74) is 3.78. The normalized spacial score (nSPS) is 10.8. The third kappa shape index (κ3) is 4.40. The molecule has 3 heterocycles. The van der Waals surface area contributed by atoms with Crippen LogP contribution in [0, 0.1) is 6.92 Å². The van der Waals surface area contributed by atoms with Crippen molar-refractivity contribution < 1.29 is 4.79 Å². The lowest BCUT2D eigenvalue weighted by molar-refractivity contribution is 0.0953. The van der Waals surface area contributed by atoms with E-state index in [0.29, 0.717) is 17.9 Å². The van der Waals surface area contributed by atoms with Gasteiger partial charge in [-0.3, -0.25) is 4.79 Å². The molecule has 4 rings (SSSR count). The summed E-state index contributed by atoms with van der Waals surface area (Å²) < 4.78 is 3.55. The largest absolute Gasteiger partial charge is 0.352 e. The first-order valence-electron chi connectivity index (χ1n) is 9.55. The third-order valence-electron chi connectivity index (χ3n) is 4.68. The lowest BCUT2D eigenvalue weighted by Crippen LogP contribution is -2.25. The molecule has 4 aromatic rings. The van der Waals surface area contributed by atoms with Crippen LogP contribution in [0.2, 0.25) is 0 Å². The van der Waals surface area contributed by atoms with Gasteiger partial charge in [0.25, 0.3) is 5.91 Å². The fourth-order valence-corrected chi connectivity index (χ4v) is 3.10. The molecule has 0 radical (unpaired) electrons. The molecule has 146 valence electrons. The first kappa shape index (κ1) is 18.6. The number of nitrogens with one attached hydrogen (secondary N) is 1. The number of carbonyl (C=O) groups excluding carboxylic acids is 1. The summed E-state index contributed by atoms with van der Waals surface area (Å²) in [6.07, 6.45) is 8.82. The Labute approximate surface area is 169 Å². The van der Waals surface area contributed by atoms with Gasteiger partial charge in [-0.25, -0.2) is 14.3 Å². The lowest BCUT2D eigenvalue weighted by atomic mass is 10.1. The number of amides is 1. The zero-order valence-electron chi connectivity index (χ0n) is 16.2. The number of benzene rings is 1. The van der Waals surface area contributed by atoms with Crippen molar-refractivity contribution in [3.05, 3.63) is 90.1 Å². The molecular formula is C22H22N6O. The SMILES string of the molecule is Cc1nn(-c2ccccc2)cc1CCCNC(=O)c1ccc(-n2cccn2)nc1. The predicted molar refractivity (Wildman–Crippen MR) is 110 cm³/mol. The molecule has 0 atom stereocenters. The summed E-state index contributed by atoms with van der Waals surface area (Å²) in [6, 6.07) is 15.4. The van der Waals surface area contributed by atoms with Crippen molar-refractivity contribution in [2.45, 2.75) is 19.8 Å². The summed E-state index contributed by atoms with van der Waals surface area (Å²) in [7, 11) is 0. The van der Waals surface area contributed by atoms with E-state index in [1.807, 2.05) is 54.2 Å². The number of rotatable bonds is 7. The minimum atomic E-state index is -0.124. The number of aryl methyl sites for hydroxylation is 2. The Bertz CT molecular complexity index is 1070. The number of pyridine rings is 1. The number of aromatic nitrogens is 5. The molecule has 1 N–H and O–H groups in total. The van der Waals surface area contributed by atoms with Crippen molar-refractivity contribution in [2.75, 3.05) is 6.54 Å². The van der Waals surface area contributed by atoms with Crippen LogP contribution < -0.4 is 5.32 Å². The van der Waals surface area contributed by atoms with Crippen molar-refractivity contribution in [3.63, 3.8) is 0 Å². The highest BCUT2D eigenvalue weighted by molar-refractivity contribution is 5.93. The Kier molecular flexibility index (Phi) is 5.47. The Morgan fingerprint density at radius 1 is 1.07 bits per heavy atom. The average molecular weight is 386 g/mol. The van der Waals surface area contributed by atoms with Crippen LogP contribution in [0.4, 0.5) is 0 Å². The molecule has 0 saturated carbocycles. The summed E-state index contributed by atoms with van der Waals surface area (Å²) in [5.74, 6) is 0.554. The maximum Gasteiger partial charge on any atom is 0.252 e. The van der Waals surface area contributed by atoms with E-state index in [2.05, 4.69) is 26.7 Å². The molecule has 0 aliphatic carbocycles. The molecule has 3 aromatic heterocycles. The van der Waals surface area contributed by atoms with Gasteiger partial charge in [0.2, 0.25) is 0 Å². The summed E-state index contributed by atoms with van der Waals surface area (Å²) in [5, 5.41) is 11.7. The van der Waals surface area contributed by atoms with Gasteiger partial charge in [0.05, 0.1) is 16.9 Å². The second-order valence-corrected chi connectivity index (χ2v) is 6.74. The molecule has 0 bridgehead atoms. The lowest BCUT2D eigenvalue weighted by Gasteiger charge is -2.06. The summed E-state index contributed by atoms with van der Waals surface area (Å²) >= 11 is 0. The average Bonchev–Trinajstić information content (AvgIpc) is 3.42. The van der Waals surface area contributed by atoms with Gasteiger partial charge in [0, 0.05) is 31.3 Å². The van der Waals surface area contributed by atoms with Crippen LogP contribution in [0.5, 0.6) is 0 Å². The third-order valence-corrected chi connectivity index (χ3v) is 4.68. The van der Waals surface area contributed by atoms with Crippen molar-refractivity contribution in [1.29, 1.82) is 0 Å². The molecule has 0 aliphatic rings. The monoisotopic (exact) mass is 386 g/mol. The fourth-order valence-electron chi connectivity index (χ4n) is 3.10. The second kappa shape index (κ2) is 8.52. The van der Waals surface area contributed by atoms with Crippen LogP contribution in [0.1, 0.15) is 28.0 Å². The summed E-state index contributed by atoms with van der Waals surface area (Å²) in [4.78, 5) is 16.6. The Morgan fingerprint density at radius 3 is 2.66 bits per heavy atom. The molecule has 7 heteroatoms. The molecular weight excluding hydrogens is 364 g/mol. The smallest absolute Gasteiger partial charge is 0.252 e. The zero-order chi connectivity index (χ0) is 20.1. The molecule has 1 amide bonds. The van der Waals surface area contributed by atoms with E-state index in [1.54, 1.807) is 29.2 Å². The number of hydrogen-bond donors (Lipinski definition) is 1. The van der Waals surface area contributed by atoms with Gasteiger partial charge in [-0.05, 0) is 55.7 Å². The predicted octanol–water partition coefficient (Wildman–Crippen LogP) is 3.12. The quantitative estimate of drug-likeness (QED) is 0.495. The van der Waals surface area contributed by atoms with E-state index >= 15 is 0 Å². The van der Waals surface area contributed by atoms with Crippen molar-refractivity contribution >= 4 is 5.91 Å². The maximum atomic E-state index is 12.3. The molecule has 0 spiro atoms. The van der Waals surface area contributed by atoms with Crippen molar-refractivity contribution in [1.82, 2.24) is 29.9 Å². The van der Waals surface area contributed by atoms with Gasteiger partial charge in [0.1, 0.15) is 0 Å². The highest BCUT2D eigenvalue weighted by Gasteiger charge is 2.09. The number of nitrogens with zero attached hydrogens (tertiary/aromatic N) is 5. The van der Waals surface area contributed by atoms with E-state index < -0.39 is 0 Å². The standard InChI is InChI=1S/C22H22N6O/c1-17-19(16-28(26-17)20-8-3-2-4-9-20)7-5-12-23-22(29)18-10-11-21(24-15-18)27-14-6-13-25-27/h2-4,6,8-11,13-16H,5,7,12H2,1H3,(H,23,29). The van der Waals surface area contributed by atoms with Gasteiger partial charge < -0.3 is 5.32 Å². The van der Waals surface area contributed by atoms with Gasteiger partial charge in [0.15, 0.2) is 5.82 Å². The van der Waals surface area contributed by atoms with E-state index in [1.165, 1.54) is 5.56 Å². The van der Waals surface area contributed by atoms with Crippen LogP contribution in [-0.4, -0.2) is 37.0 Å². The Hall–Kier alpha value is -3.74. The van der Waals surface area contributed by atoms with Crippen LogP contribution in [0.15, 0.2) is 73.3 Å². The molecule has 7 nitrogen and oxygen atoms in total. The molecule has 0 saturated heterocycles. The minimum absolute atomic E-state index is 0.124. The molecule has 0 unspecified atom stereocenters. The topological polar surface area (TPSA) is 77.6 Å². The van der Waals surface area contributed by atoms with Gasteiger partial charge in [-0.1, -0.05) is 18.2 Å². The van der Waals surface area contributed by atoms with E-state index in [9.17, 15) is 4.79 Å². The molecule has 1 aromatic carbocycles. The zero-order valence-corrected chi connectivity index (χ0v) is 16.2. The highest BCUT2D eigenvalue weighted by Crippen LogP contribution is 2.13. The number of carbonyl (C=O) groups is 1. The van der Waals surface area contributed by atoms with Gasteiger partial charge >= 0.3 is 0 Å². The van der Waals surface area contributed by atoms with Gasteiger partial charge in [-0.2, -0.15) is 10.2 Å². The highest BCUT2D eigenvalue weighted by atomic mass is 16.1.